The van der Waals surface area contributed by atoms with E-state index in [1.165, 1.54) is 23.1 Å². The van der Waals surface area contributed by atoms with E-state index >= 15 is 0 Å². The van der Waals surface area contributed by atoms with Crippen LogP contribution in [-0.4, -0.2) is 74.5 Å². The molecule has 15 nitrogen and oxygen atoms in total. The number of hydrogen-bond acceptors (Lipinski definition) is 12. The van der Waals surface area contributed by atoms with E-state index in [1.807, 2.05) is 0 Å². The minimum Gasteiger partial charge on any atom is -0.474 e. The normalized spacial score (nSPS) is 18.5. The number of oxime groups is 1. The van der Waals surface area contributed by atoms with Gasteiger partial charge in [0.05, 0.1) is 12.0 Å². The molecule has 0 saturated carbocycles. The molecule has 1 saturated heterocycles. The number of carbonyl (C=O) groups is 2. The van der Waals surface area contributed by atoms with Crippen molar-refractivity contribution in [3.05, 3.63) is 22.8 Å². The predicted octanol–water partition coefficient (Wildman–Crippen LogP) is -0.849. The topological polar surface area (TPSA) is 229 Å². The number of β-lactam (4-membered cyclic amide) rings is 1. The fourth-order valence-electron chi connectivity index (χ4n) is 3.18. The number of rotatable bonds is 11. The highest BCUT2D eigenvalue weighted by molar-refractivity contribution is 7.84. The molecule has 17 heteroatoms. The third-order valence-electron chi connectivity index (χ3n) is 4.86. The smallest absolute Gasteiger partial charge is 0.362 e. The largest absolute Gasteiger partial charge is 0.474 e. The molecule has 2 aromatic rings. The van der Waals surface area contributed by atoms with E-state index < -0.39 is 34.0 Å². The molecule has 2 atom stereocenters. The Bertz CT molecular complexity index is 1250. The van der Waals surface area contributed by atoms with Gasteiger partial charge in [-0.3, -0.25) is 19.6 Å². The molecule has 3 rings (SSSR count). The zero-order valence-corrected chi connectivity index (χ0v) is 19.7. The van der Waals surface area contributed by atoms with E-state index in [0.717, 1.165) is 11.3 Å². The molecule has 1 aliphatic rings. The van der Waals surface area contributed by atoms with Gasteiger partial charge in [0.15, 0.2) is 23.2 Å². The van der Waals surface area contributed by atoms with Gasteiger partial charge in [-0.15, -0.1) is 11.3 Å². The Morgan fingerprint density at radius 2 is 2.09 bits per heavy atom. The third-order valence-corrected chi connectivity index (χ3v) is 6.55. The van der Waals surface area contributed by atoms with Gasteiger partial charge in [-0.1, -0.05) is 5.16 Å². The summed E-state index contributed by atoms with van der Waals surface area (Å²) in [6, 6.07) is 0.576. The number of carbonyl (C=O) groups excluding carboxylic acids is 2. The molecule has 0 unspecified atom stereocenters. The number of amides is 1. The van der Waals surface area contributed by atoms with E-state index in [2.05, 4.69) is 15.2 Å². The Balaban J connectivity index is 1.64. The Morgan fingerprint density at radius 1 is 1.38 bits per heavy atom. The van der Waals surface area contributed by atoms with Crippen LogP contribution < -0.4 is 16.2 Å². The van der Waals surface area contributed by atoms with E-state index in [4.69, 9.17) is 31.0 Å². The van der Waals surface area contributed by atoms with Crippen molar-refractivity contribution in [3.8, 4) is 5.88 Å². The van der Waals surface area contributed by atoms with Crippen molar-refractivity contribution in [2.75, 3.05) is 18.9 Å². The van der Waals surface area contributed by atoms with Crippen LogP contribution in [0.2, 0.25) is 0 Å². The molecule has 184 valence electrons. The van der Waals surface area contributed by atoms with Crippen LogP contribution in [0.3, 0.4) is 0 Å². The standard InChI is InChI=1S/C17H22N8O7S2/c1-8-9(16(27)25(8)34(28,29)30)5-12(26)14(11-7-33-17(20)21-11)23-32-4-3-31-13-6-10(15(18)19)22-24(13)2/h6-9H,3-5H2,1-2H3,(H3,18,19)(H2,20,21)(H,28,29,30)/b23-14-/t8-,9-/m0/s1. The first-order valence-electron chi connectivity index (χ1n) is 9.66. The first-order valence-corrected chi connectivity index (χ1v) is 11.9. The van der Waals surface area contributed by atoms with Crippen molar-refractivity contribution in [2.45, 2.75) is 19.4 Å². The second-order valence-electron chi connectivity index (χ2n) is 7.18. The number of anilines is 1. The predicted molar refractivity (Wildman–Crippen MR) is 120 cm³/mol. The lowest BCUT2D eigenvalue weighted by atomic mass is 9.86. The Morgan fingerprint density at radius 3 is 2.62 bits per heavy atom. The number of hydrogen-bond donors (Lipinski definition) is 4. The number of nitrogens with zero attached hydrogens (tertiary/aromatic N) is 5. The minimum atomic E-state index is -4.70. The Kier molecular flexibility index (Phi) is 7.18. The van der Waals surface area contributed by atoms with Crippen molar-refractivity contribution in [1.82, 2.24) is 19.1 Å². The lowest BCUT2D eigenvalue weighted by molar-refractivity contribution is -0.147. The molecule has 0 radical (unpaired) electrons. The SMILES string of the molecule is C[C@H]1[C@H](CC(=O)/C(=N\OCCOc2cc(C(=N)N)nn2C)c2csc(N)n2)C(=O)N1S(=O)(=O)O. The van der Waals surface area contributed by atoms with Crippen LogP contribution in [0.5, 0.6) is 5.88 Å². The molecule has 1 fully saturated rings. The maximum Gasteiger partial charge on any atom is 0.362 e. The number of nitrogen functional groups attached to an aromatic ring is 2. The number of amidine groups is 1. The fraction of sp³-hybridized carbons (Fsp3) is 0.412. The summed E-state index contributed by atoms with van der Waals surface area (Å²) in [5.41, 5.74) is 11.2. The monoisotopic (exact) mass is 514 g/mol. The van der Waals surface area contributed by atoms with E-state index in [1.54, 1.807) is 7.05 Å². The quantitative estimate of drug-likeness (QED) is 0.0720. The summed E-state index contributed by atoms with van der Waals surface area (Å²) in [6.45, 7) is 1.34. The van der Waals surface area contributed by atoms with Crippen LogP contribution in [0.1, 0.15) is 24.7 Å². The number of Topliss-reactive ketones (excluding diaryl/α,β-unsaturated/α-hetero) is 1. The van der Waals surface area contributed by atoms with E-state index in [9.17, 15) is 18.0 Å². The van der Waals surface area contributed by atoms with Crippen molar-refractivity contribution in [3.63, 3.8) is 0 Å². The van der Waals surface area contributed by atoms with Gasteiger partial charge in [-0.05, 0) is 6.92 Å². The lowest BCUT2D eigenvalue weighted by Crippen LogP contribution is -2.62. The number of aryl methyl sites for hydroxylation is 1. The summed E-state index contributed by atoms with van der Waals surface area (Å²) in [7, 11) is -3.09. The summed E-state index contributed by atoms with van der Waals surface area (Å²) in [6.07, 6.45) is -0.370. The van der Waals surface area contributed by atoms with Gasteiger partial charge in [-0.25, -0.2) is 14.0 Å². The van der Waals surface area contributed by atoms with Crippen molar-refractivity contribution in [2.24, 2.45) is 23.9 Å². The molecule has 0 aliphatic carbocycles. The van der Waals surface area contributed by atoms with Gasteiger partial charge in [-0.2, -0.15) is 13.5 Å². The number of aromatic nitrogens is 3. The summed E-state index contributed by atoms with van der Waals surface area (Å²) in [5.74, 6) is -2.35. The third kappa shape index (κ3) is 5.32. The zero-order chi connectivity index (χ0) is 25.2. The molecule has 6 N–H and O–H groups in total. The first-order chi connectivity index (χ1) is 15.9. The van der Waals surface area contributed by atoms with Crippen LogP contribution in [0.4, 0.5) is 5.13 Å². The average Bonchev–Trinajstić information content (AvgIpc) is 3.33. The number of ketones is 1. The van der Waals surface area contributed by atoms with Crippen LogP contribution in [0.15, 0.2) is 16.6 Å². The Hall–Kier alpha value is -3.57. The molecule has 2 aromatic heterocycles. The number of ether oxygens (including phenoxy) is 1. The molecule has 3 heterocycles. The molecule has 1 amide bonds. The summed E-state index contributed by atoms with van der Waals surface area (Å²) in [4.78, 5) is 34.2. The second kappa shape index (κ2) is 9.74. The molecule has 1 aliphatic heterocycles. The van der Waals surface area contributed by atoms with Gasteiger partial charge in [0.2, 0.25) is 11.8 Å². The molecule has 34 heavy (non-hydrogen) atoms. The highest BCUT2D eigenvalue weighted by atomic mass is 32.2. The van der Waals surface area contributed by atoms with Gasteiger partial charge in [0.1, 0.15) is 23.8 Å². The van der Waals surface area contributed by atoms with E-state index in [-0.39, 0.29) is 47.7 Å². The highest BCUT2D eigenvalue weighted by Gasteiger charge is 2.51. The summed E-state index contributed by atoms with van der Waals surface area (Å²) < 4.78 is 38.8. The van der Waals surface area contributed by atoms with Gasteiger partial charge in [0, 0.05) is 24.9 Å². The fourth-order valence-corrected chi connectivity index (χ4v) is 4.65. The molecular weight excluding hydrogens is 492 g/mol. The number of thiazole rings is 1. The first kappa shape index (κ1) is 25.1. The maximum atomic E-state index is 12.9. The molecular formula is C17H22N8O7S2. The van der Waals surface area contributed by atoms with E-state index in [0.29, 0.717) is 10.2 Å². The van der Waals surface area contributed by atoms with Crippen LogP contribution in [0, 0.1) is 11.3 Å². The van der Waals surface area contributed by atoms with Gasteiger partial charge >= 0.3 is 10.3 Å². The molecule has 0 spiro atoms. The lowest BCUT2D eigenvalue weighted by Gasteiger charge is -2.41. The summed E-state index contributed by atoms with van der Waals surface area (Å²) in [5, 5.41) is 16.9. The van der Waals surface area contributed by atoms with Crippen LogP contribution in [-0.2, 0) is 31.8 Å². The number of nitrogens with two attached hydrogens (primary N) is 2. The molecule has 0 aromatic carbocycles. The molecule has 0 bridgehead atoms. The van der Waals surface area contributed by atoms with Crippen molar-refractivity contribution >= 4 is 50.0 Å². The Labute approximate surface area is 197 Å². The van der Waals surface area contributed by atoms with Crippen LogP contribution in [0.25, 0.3) is 0 Å². The maximum absolute atomic E-state index is 12.9. The van der Waals surface area contributed by atoms with Crippen molar-refractivity contribution < 1.29 is 32.1 Å². The highest BCUT2D eigenvalue weighted by Crippen LogP contribution is 2.32. The minimum absolute atomic E-state index is 0.0164. The second-order valence-corrected chi connectivity index (χ2v) is 9.36. The van der Waals surface area contributed by atoms with Crippen LogP contribution >= 0.6 is 11.3 Å². The zero-order valence-electron chi connectivity index (χ0n) is 18.0. The van der Waals surface area contributed by atoms with Crippen molar-refractivity contribution in [1.29, 1.82) is 5.41 Å². The average molecular weight is 515 g/mol. The summed E-state index contributed by atoms with van der Waals surface area (Å²) >= 11 is 1.07. The number of nitrogens with one attached hydrogen (secondary N) is 1. The van der Waals surface area contributed by atoms with Gasteiger partial charge < -0.3 is 21.0 Å². The van der Waals surface area contributed by atoms with Gasteiger partial charge in [0.25, 0.3) is 0 Å².